The number of hydrogen-bond acceptors (Lipinski definition) is 6. The van der Waals surface area contributed by atoms with Gasteiger partial charge in [-0.1, -0.05) is 12.8 Å². The SMILES string of the molecule is Cc1cc(C(F)(F)F)cc(O)c1-c1ncc(NC2CCCCC2O)nn1. The summed E-state index contributed by atoms with van der Waals surface area (Å²) < 4.78 is 38.4. The predicted molar refractivity (Wildman–Crippen MR) is 88.6 cm³/mol. The highest BCUT2D eigenvalue weighted by molar-refractivity contribution is 5.68. The van der Waals surface area contributed by atoms with Gasteiger partial charge in [0.15, 0.2) is 11.6 Å². The van der Waals surface area contributed by atoms with Gasteiger partial charge in [0, 0.05) is 0 Å². The lowest BCUT2D eigenvalue weighted by Gasteiger charge is -2.28. The molecule has 1 aromatic carbocycles. The summed E-state index contributed by atoms with van der Waals surface area (Å²) in [4.78, 5) is 4.09. The van der Waals surface area contributed by atoms with E-state index in [0.29, 0.717) is 11.9 Å². The van der Waals surface area contributed by atoms with Gasteiger partial charge in [0.25, 0.3) is 0 Å². The van der Waals surface area contributed by atoms with E-state index in [1.165, 1.54) is 13.1 Å². The summed E-state index contributed by atoms with van der Waals surface area (Å²) in [6.45, 7) is 1.44. The lowest BCUT2D eigenvalue weighted by atomic mass is 9.93. The Morgan fingerprint density at radius 2 is 1.88 bits per heavy atom. The van der Waals surface area contributed by atoms with Gasteiger partial charge in [-0.25, -0.2) is 4.98 Å². The van der Waals surface area contributed by atoms with E-state index in [9.17, 15) is 23.4 Å². The summed E-state index contributed by atoms with van der Waals surface area (Å²) >= 11 is 0. The topological polar surface area (TPSA) is 91.2 Å². The molecule has 2 aromatic rings. The molecule has 0 aliphatic heterocycles. The van der Waals surface area contributed by atoms with Crippen molar-refractivity contribution in [2.24, 2.45) is 0 Å². The van der Waals surface area contributed by atoms with Crippen molar-refractivity contribution < 1.29 is 23.4 Å². The molecule has 1 aromatic heterocycles. The molecule has 6 nitrogen and oxygen atoms in total. The molecule has 0 saturated heterocycles. The maximum atomic E-state index is 12.8. The number of anilines is 1. The van der Waals surface area contributed by atoms with Crippen LogP contribution in [0.1, 0.15) is 36.8 Å². The first kappa shape index (κ1) is 18.4. The number of phenols is 1. The zero-order valence-electron chi connectivity index (χ0n) is 14.1. The van der Waals surface area contributed by atoms with Crippen LogP contribution in [-0.4, -0.2) is 37.5 Å². The van der Waals surface area contributed by atoms with Crippen LogP contribution in [-0.2, 0) is 6.18 Å². The standard InChI is InChI=1S/C17H19F3N4O2/c1-9-6-10(17(18,19)20)7-13(26)15(9)16-21-8-14(23-24-16)22-11-4-2-3-5-12(11)25/h6-8,11-12,25-26H,2-5H2,1H3,(H,22,23). The molecule has 0 spiro atoms. The molecule has 1 aliphatic rings. The van der Waals surface area contributed by atoms with Crippen molar-refractivity contribution in [2.45, 2.75) is 50.9 Å². The molecule has 0 bridgehead atoms. The molecule has 2 atom stereocenters. The predicted octanol–water partition coefficient (Wildman–Crippen LogP) is 3.29. The van der Waals surface area contributed by atoms with Crippen LogP contribution in [0.2, 0.25) is 0 Å². The molecule has 3 N–H and O–H groups in total. The first-order valence-electron chi connectivity index (χ1n) is 8.31. The van der Waals surface area contributed by atoms with Crippen molar-refractivity contribution in [1.82, 2.24) is 15.2 Å². The molecule has 3 rings (SSSR count). The number of hydrogen-bond donors (Lipinski definition) is 3. The van der Waals surface area contributed by atoms with Gasteiger partial charge < -0.3 is 15.5 Å². The Morgan fingerprint density at radius 3 is 2.46 bits per heavy atom. The van der Waals surface area contributed by atoms with Crippen LogP contribution in [0, 0.1) is 6.92 Å². The van der Waals surface area contributed by atoms with Crippen LogP contribution in [0.25, 0.3) is 11.4 Å². The molecule has 0 amide bonds. The van der Waals surface area contributed by atoms with Gasteiger partial charge in [0.1, 0.15) is 5.75 Å². The maximum Gasteiger partial charge on any atom is 0.416 e. The third kappa shape index (κ3) is 3.87. The summed E-state index contributed by atoms with van der Waals surface area (Å²) in [6, 6.07) is 1.45. The van der Waals surface area contributed by atoms with Gasteiger partial charge in [0.2, 0.25) is 0 Å². The van der Waals surface area contributed by atoms with Crippen molar-refractivity contribution in [3.05, 3.63) is 29.5 Å². The minimum absolute atomic E-state index is 0.0310. The minimum Gasteiger partial charge on any atom is -0.507 e. The number of aromatic nitrogens is 3. The summed E-state index contributed by atoms with van der Waals surface area (Å²) in [5.41, 5.74) is -0.633. The number of nitrogens with one attached hydrogen (secondary N) is 1. The smallest absolute Gasteiger partial charge is 0.416 e. The van der Waals surface area contributed by atoms with Crippen LogP contribution in [0.15, 0.2) is 18.3 Å². The molecule has 26 heavy (non-hydrogen) atoms. The van der Waals surface area contributed by atoms with Crippen LogP contribution < -0.4 is 5.32 Å². The lowest BCUT2D eigenvalue weighted by Crippen LogP contribution is -2.36. The molecule has 9 heteroatoms. The van der Waals surface area contributed by atoms with Gasteiger partial charge in [-0.2, -0.15) is 13.2 Å². The first-order chi connectivity index (χ1) is 12.3. The molecule has 2 unspecified atom stereocenters. The normalized spacial score (nSPS) is 20.8. The fourth-order valence-corrected chi connectivity index (χ4v) is 3.15. The number of halogens is 3. The molecule has 0 radical (unpaired) electrons. The van der Waals surface area contributed by atoms with Gasteiger partial charge in [0.05, 0.1) is 29.5 Å². The van der Waals surface area contributed by atoms with Crippen LogP contribution in [0.5, 0.6) is 5.75 Å². The molecular formula is C17H19F3N4O2. The van der Waals surface area contributed by atoms with Crippen molar-refractivity contribution in [2.75, 3.05) is 5.32 Å². The lowest BCUT2D eigenvalue weighted by molar-refractivity contribution is -0.137. The maximum absolute atomic E-state index is 12.8. The van der Waals surface area contributed by atoms with E-state index in [4.69, 9.17) is 0 Å². The second-order valence-corrected chi connectivity index (χ2v) is 6.45. The number of rotatable bonds is 3. The molecule has 1 aliphatic carbocycles. The van der Waals surface area contributed by atoms with Crippen LogP contribution in [0.3, 0.4) is 0 Å². The van der Waals surface area contributed by atoms with Crippen molar-refractivity contribution in [3.63, 3.8) is 0 Å². The largest absolute Gasteiger partial charge is 0.507 e. The third-order valence-corrected chi connectivity index (χ3v) is 4.49. The first-order valence-corrected chi connectivity index (χ1v) is 8.31. The Hall–Kier alpha value is -2.42. The molecule has 1 heterocycles. The highest BCUT2D eigenvalue weighted by Crippen LogP contribution is 2.37. The fraction of sp³-hybridized carbons (Fsp3) is 0.471. The van der Waals surface area contributed by atoms with E-state index < -0.39 is 23.6 Å². The Bertz CT molecular complexity index is 758. The van der Waals surface area contributed by atoms with Gasteiger partial charge >= 0.3 is 6.18 Å². The van der Waals surface area contributed by atoms with E-state index in [0.717, 1.165) is 31.7 Å². The number of aliphatic hydroxyl groups excluding tert-OH is 1. The number of nitrogens with zero attached hydrogens (tertiary/aromatic N) is 3. The molecular weight excluding hydrogens is 349 g/mol. The van der Waals surface area contributed by atoms with Crippen LogP contribution in [0.4, 0.5) is 19.0 Å². The summed E-state index contributed by atoms with van der Waals surface area (Å²) in [7, 11) is 0. The second-order valence-electron chi connectivity index (χ2n) is 6.45. The Morgan fingerprint density at radius 1 is 1.15 bits per heavy atom. The number of aryl methyl sites for hydroxylation is 1. The average Bonchev–Trinajstić information content (AvgIpc) is 2.57. The van der Waals surface area contributed by atoms with Crippen molar-refractivity contribution in [1.29, 1.82) is 0 Å². The number of alkyl halides is 3. The van der Waals surface area contributed by atoms with E-state index >= 15 is 0 Å². The average molecular weight is 368 g/mol. The second kappa shape index (κ2) is 7.06. The molecule has 1 saturated carbocycles. The number of aromatic hydroxyl groups is 1. The number of phenolic OH excluding ortho intramolecular Hbond substituents is 1. The monoisotopic (exact) mass is 368 g/mol. The summed E-state index contributed by atoms with van der Waals surface area (Å²) in [6.07, 6.45) is -0.111. The third-order valence-electron chi connectivity index (χ3n) is 4.49. The fourth-order valence-electron chi connectivity index (χ4n) is 3.15. The highest BCUT2D eigenvalue weighted by Gasteiger charge is 2.32. The Balaban J connectivity index is 1.82. The summed E-state index contributed by atoms with van der Waals surface area (Å²) in [5.74, 6) is -0.158. The van der Waals surface area contributed by atoms with Gasteiger partial charge in [-0.15, -0.1) is 10.2 Å². The Kier molecular flexibility index (Phi) is 4.99. The minimum atomic E-state index is -4.55. The number of benzene rings is 1. The quantitative estimate of drug-likeness (QED) is 0.770. The van der Waals surface area contributed by atoms with Gasteiger partial charge in [-0.3, -0.25) is 0 Å². The number of aliphatic hydroxyl groups is 1. The van der Waals surface area contributed by atoms with Crippen molar-refractivity contribution in [3.8, 4) is 17.1 Å². The van der Waals surface area contributed by atoms with Crippen molar-refractivity contribution >= 4 is 5.82 Å². The van der Waals surface area contributed by atoms with E-state index in [1.54, 1.807) is 0 Å². The van der Waals surface area contributed by atoms with E-state index in [2.05, 4.69) is 20.5 Å². The Labute approximate surface area is 148 Å². The van der Waals surface area contributed by atoms with E-state index in [-0.39, 0.29) is 23.0 Å². The molecule has 140 valence electrons. The van der Waals surface area contributed by atoms with Crippen LogP contribution >= 0.6 is 0 Å². The highest BCUT2D eigenvalue weighted by atomic mass is 19.4. The zero-order chi connectivity index (χ0) is 18.9. The summed E-state index contributed by atoms with van der Waals surface area (Å²) in [5, 5.41) is 30.9. The van der Waals surface area contributed by atoms with E-state index in [1.807, 2.05) is 0 Å². The van der Waals surface area contributed by atoms with Gasteiger partial charge in [-0.05, 0) is 37.5 Å². The zero-order valence-corrected chi connectivity index (χ0v) is 14.1. The molecule has 1 fully saturated rings.